The molecule has 10 heteroatoms. The van der Waals surface area contributed by atoms with Gasteiger partial charge in [0.25, 0.3) is 5.91 Å². The first-order chi connectivity index (χ1) is 15.6. The smallest absolute Gasteiger partial charge is 0.265 e. The molecule has 1 aliphatic rings. The topological polar surface area (TPSA) is 103 Å². The van der Waals surface area contributed by atoms with Gasteiger partial charge in [-0.05, 0) is 31.2 Å². The third kappa shape index (κ3) is 4.74. The van der Waals surface area contributed by atoms with Gasteiger partial charge in [-0.3, -0.25) is 4.79 Å². The molecule has 4 rings (SSSR count). The molecule has 3 heterocycles. The van der Waals surface area contributed by atoms with Crippen LogP contribution in [0.5, 0.6) is 11.5 Å². The maximum Gasteiger partial charge on any atom is 0.265 e. The number of rotatable bonds is 9. The van der Waals surface area contributed by atoms with Gasteiger partial charge in [-0.25, -0.2) is 14.6 Å². The van der Waals surface area contributed by atoms with Gasteiger partial charge in [0.1, 0.15) is 11.9 Å². The van der Waals surface area contributed by atoms with Crippen LogP contribution in [-0.4, -0.2) is 56.7 Å². The lowest BCUT2D eigenvalue weighted by Crippen LogP contribution is -2.49. The minimum Gasteiger partial charge on any atom is -0.482 e. The lowest BCUT2D eigenvalue weighted by molar-refractivity contribution is -0.133. The monoisotopic (exact) mass is 456 g/mol. The Hall–Kier alpha value is -3.01. The van der Waals surface area contributed by atoms with Crippen LogP contribution in [0.1, 0.15) is 27.2 Å². The van der Waals surface area contributed by atoms with Gasteiger partial charge in [0.2, 0.25) is 6.10 Å². The number of aromatic nitrogens is 4. The van der Waals surface area contributed by atoms with Gasteiger partial charge < -0.3 is 20.1 Å². The van der Waals surface area contributed by atoms with Gasteiger partial charge in [0, 0.05) is 13.1 Å². The molecule has 0 bridgehead atoms. The Labute approximate surface area is 191 Å². The predicted molar refractivity (Wildman–Crippen MR) is 124 cm³/mol. The van der Waals surface area contributed by atoms with E-state index in [4.69, 9.17) is 9.47 Å². The van der Waals surface area contributed by atoms with Crippen LogP contribution >= 0.6 is 11.8 Å². The first-order valence-electron chi connectivity index (χ1n) is 10.9. The highest BCUT2D eigenvalue weighted by molar-refractivity contribution is 7.99. The van der Waals surface area contributed by atoms with E-state index in [0.717, 1.165) is 35.6 Å². The van der Waals surface area contributed by atoms with E-state index < -0.39 is 6.10 Å². The summed E-state index contributed by atoms with van der Waals surface area (Å²) >= 11 is 1.59. The third-order valence-corrected chi connectivity index (χ3v) is 5.74. The second kappa shape index (κ2) is 10.1. The maximum absolute atomic E-state index is 12.7. The number of nitrogens with one attached hydrogen (secondary N) is 2. The summed E-state index contributed by atoms with van der Waals surface area (Å²) in [4.78, 5) is 22.0. The number of nitrogens with zero attached hydrogens (tertiary/aromatic N) is 4. The molecule has 3 aromatic rings. The molecule has 32 heavy (non-hydrogen) atoms. The first kappa shape index (κ1) is 22.2. The van der Waals surface area contributed by atoms with E-state index in [0.29, 0.717) is 29.7 Å². The molecule has 0 aliphatic carbocycles. The summed E-state index contributed by atoms with van der Waals surface area (Å²) in [6.07, 6.45) is 1.67. The zero-order chi connectivity index (χ0) is 22.5. The molecule has 0 saturated carbocycles. The van der Waals surface area contributed by atoms with Crippen LogP contribution in [0, 0.1) is 0 Å². The number of carbonyl (C=O) groups is 1. The van der Waals surface area contributed by atoms with Crippen LogP contribution in [0.4, 0.5) is 5.82 Å². The van der Waals surface area contributed by atoms with Gasteiger partial charge in [-0.15, -0.1) is 0 Å². The molecule has 2 N–H and O–H groups in total. The Balaban J connectivity index is 1.43. The third-order valence-electron chi connectivity index (χ3n) is 5.02. The number of benzene rings is 1. The van der Waals surface area contributed by atoms with E-state index in [1.54, 1.807) is 28.7 Å². The van der Waals surface area contributed by atoms with Crippen LogP contribution in [0.15, 0.2) is 35.6 Å². The van der Waals surface area contributed by atoms with Gasteiger partial charge in [-0.1, -0.05) is 37.7 Å². The van der Waals surface area contributed by atoms with Crippen LogP contribution in [0.25, 0.3) is 11.0 Å². The van der Waals surface area contributed by atoms with E-state index in [1.807, 2.05) is 25.1 Å². The van der Waals surface area contributed by atoms with Crippen LogP contribution < -0.4 is 20.1 Å². The number of fused-ring (bicyclic) bond motifs is 2. The average molecular weight is 457 g/mol. The Kier molecular flexibility index (Phi) is 6.99. The van der Waals surface area contributed by atoms with Crippen molar-refractivity contribution in [3.05, 3.63) is 30.5 Å². The normalized spacial score (nSPS) is 17.3. The number of hydrogen-bond acceptors (Lipinski definition) is 8. The fourth-order valence-corrected chi connectivity index (χ4v) is 4.03. The quantitative estimate of drug-likeness (QED) is 0.374. The van der Waals surface area contributed by atoms with Crippen molar-refractivity contribution in [2.75, 3.05) is 24.2 Å². The molecule has 2 unspecified atom stereocenters. The summed E-state index contributed by atoms with van der Waals surface area (Å²) in [5, 5.41) is 12.4. The van der Waals surface area contributed by atoms with Crippen LogP contribution in [0.3, 0.4) is 0 Å². The van der Waals surface area contributed by atoms with Crippen molar-refractivity contribution >= 4 is 34.5 Å². The van der Waals surface area contributed by atoms with Crippen molar-refractivity contribution < 1.29 is 14.3 Å². The van der Waals surface area contributed by atoms with Gasteiger partial charge in [-0.2, -0.15) is 5.10 Å². The molecule has 2 atom stereocenters. The highest BCUT2D eigenvalue weighted by atomic mass is 32.2. The number of anilines is 1. The maximum atomic E-state index is 12.7. The fraction of sp³-hybridized carbons (Fsp3) is 0.455. The lowest BCUT2D eigenvalue weighted by atomic mass is 10.1. The van der Waals surface area contributed by atoms with E-state index in [2.05, 4.69) is 39.5 Å². The second-order valence-corrected chi connectivity index (χ2v) is 8.65. The summed E-state index contributed by atoms with van der Waals surface area (Å²) in [7, 11) is 0. The molecule has 9 nitrogen and oxygen atoms in total. The standard InChI is InChI=1S/C22H28N6O3S/c1-4-10-23-19-15-13-25-28(20(15)27-22(26-19)32-5-2)12-11-24-21(29)18-14(3)30-16-8-6-7-9-17(16)31-18/h6-9,13-14,18H,4-5,10-12H2,1-3H3,(H,24,29)(H,23,26,27). The molecule has 0 spiro atoms. The number of hydrogen-bond donors (Lipinski definition) is 2. The molecule has 0 radical (unpaired) electrons. The zero-order valence-electron chi connectivity index (χ0n) is 18.5. The summed E-state index contributed by atoms with van der Waals surface area (Å²) in [6.45, 7) is 7.71. The predicted octanol–water partition coefficient (Wildman–Crippen LogP) is 3.10. The van der Waals surface area contributed by atoms with E-state index >= 15 is 0 Å². The van der Waals surface area contributed by atoms with E-state index in [-0.39, 0.29) is 12.0 Å². The largest absolute Gasteiger partial charge is 0.482 e. The van der Waals surface area contributed by atoms with Crippen LogP contribution in [0.2, 0.25) is 0 Å². The Morgan fingerprint density at radius 2 is 1.94 bits per heavy atom. The summed E-state index contributed by atoms with van der Waals surface area (Å²) in [5.74, 6) is 2.69. The number of carbonyl (C=O) groups excluding carboxylic acids is 1. The molecule has 0 saturated heterocycles. The van der Waals surface area contributed by atoms with E-state index in [9.17, 15) is 4.79 Å². The number of para-hydroxylation sites is 2. The Bertz CT molecular complexity index is 1090. The van der Waals surface area contributed by atoms with Crippen molar-refractivity contribution in [2.24, 2.45) is 0 Å². The molecular formula is C22H28N6O3S. The molecular weight excluding hydrogens is 428 g/mol. The van der Waals surface area contributed by atoms with E-state index in [1.165, 1.54) is 0 Å². The molecule has 0 fully saturated rings. The molecule has 1 amide bonds. The minimum atomic E-state index is -0.709. The Morgan fingerprint density at radius 1 is 1.16 bits per heavy atom. The molecule has 1 aromatic carbocycles. The number of ether oxygens (including phenoxy) is 2. The van der Waals surface area contributed by atoms with Gasteiger partial charge >= 0.3 is 0 Å². The second-order valence-electron chi connectivity index (χ2n) is 7.42. The van der Waals surface area contributed by atoms with Crippen molar-refractivity contribution in [2.45, 2.75) is 51.1 Å². The van der Waals surface area contributed by atoms with Gasteiger partial charge in [0.05, 0.1) is 18.1 Å². The molecule has 1 aliphatic heterocycles. The number of amides is 1. The highest BCUT2D eigenvalue weighted by Crippen LogP contribution is 2.33. The SMILES string of the molecule is CCCNc1nc(SCC)nc2c1cnn2CCNC(=O)C1Oc2ccccc2OC1C. The highest BCUT2D eigenvalue weighted by Gasteiger charge is 2.33. The average Bonchev–Trinajstić information content (AvgIpc) is 3.20. The summed E-state index contributed by atoms with van der Waals surface area (Å²) in [5.41, 5.74) is 0.753. The van der Waals surface area contributed by atoms with Crippen LogP contribution in [-0.2, 0) is 11.3 Å². The van der Waals surface area contributed by atoms with Gasteiger partial charge in [0.15, 0.2) is 22.3 Å². The fourth-order valence-electron chi connectivity index (χ4n) is 3.46. The minimum absolute atomic E-state index is 0.217. The van der Waals surface area contributed by atoms with Crippen molar-refractivity contribution in [1.82, 2.24) is 25.1 Å². The molecule has 170 valence electrons. The number of thioether (sulfide) groups is 1. The zero-order valence-corrected chi connectivity index (χ0v) is 19.3. The Morgan fingerprint density at radius 3 is 2.69 bits per heavy atom. The van der Waals surface area contributed by atoms with Crippen molar-refractivity contribution in [3.63, 3.8) is 0 Å². The lowest BCUT2D eigenvalue weighted by Gasteiger charge is -2.31. The first-order valence-corrected chi connectivity index (χ1v) is 11.9. The summed E-state index contributed by atoms with van der Waals surface area (Å²) in [6, 6.07) is 7.36. The van der Waals surface area contributed by atoms with Crippen molar-refractivity contribution in [3.8, 4) is 11.5 Å². The molecule has 2 aromatic heterocycles. The van der Waals surface area contributed by atoms with Crippen molar-refractivity contribution in [1.29, 1.82) is 0 Å². The summed E-state index contributed by atoms with van der Waals surface area (Å²) < 4.78 is 13.5.